The van der Waals surface area contributed by atoms with Gasteiger partial charge in [-0.3, -0.25) is 9.36 Å². The minimum Gasteiger partial charge on any atom is -0.395 e. The van der Waals surface area contributed by atoms with Crippen molar-refractivity contribution in [3.63, 3.8) is 0 Å². The average molecular weight is 353 g/mol. The SMILES string of the molecule is C#C[C@]1(CO)C[C@@H](n2ccc(NC(=O)c3ccccc3)nc2=O)C[C@@H]1O. The Bertz CT molecular complexity index is 903. The minimum atomic E-state index is -1.05. The van der Waals surface area contributed by atoms with E-state index in [4.69, 9.17) is 6.42 Å². The van der Waals surface area contributed by atoms with E-state index in [1.54, 1.807) is 30.3 Å². The number of rotatable bonds is 4. The molecule has 0 aliphatic heterocycles. The zero-order valence-corrected chi connectivity index (χ0v) is 14.0. The number of amides is 1. The van der Waals surface area contributed by atoms with Gasteiger partial charge in [0.25, 0.3) is 5.91 Å². The number of carbonyl (C=O) groups is 1. The predicted octanol–water partition coefficient (Wildman–Crippen LogP) is 0.803. The third-order valence-electron chi connectivity index (χ3n) is 4.80. The summed E-state index contributed by atoms with van der Waals surface area (Å²) in [6.07, 6.45) is 6.60. The van der Waals surface area contributed by atoms with E-state index in [1.165, 1.54) is 16.8 Å². The lowest BCUT2D eigenvalue weighted by atomic mass is 9.86. The van der Waals surface area contributed by atoms with Crippen molar-refractivity contribution in [1.82, 2.24) is 9.55 Å². The van der Waals surface area contributed by atoms with Crippen molar-refractivity contribution < 1.29 is 15.0 Å². The number of anilines is 1. The summed E-state index contributed by atoms with van der Waals surface area (Å²) < 4.78 is 1.37. The summed E-state index contributed by atoms with van der Waals surface area (Å²) in [4.78, 5) is 28.4. The molecule has 3 atom stereocenters. The van der Waals surface area contributed by atoms with E-state index in [9.17, 15) is 19.8 Å². The maximum Gasteiger partial charge on any atom is 0.349 e. The summed E-state index contributed by atoms with van der Waals surface area (Å²) >= 11 is 0. The predicted molar refractivity (Wildman–Crippen MR) is 95.5 cm³/mol. The first-order valence-corrected chi connectivity index (χ1v) is 8.21. The number of aromatic nitrogens is 2. The molecule has 1 aromatic heterocycles. The quantitative estimate of drug-likeness (QED) is 0.706. The van der Waals surface area contributed by atoms with Crippen molar-refractivity contribution in [2.45, 2.75) is 25.0 Å². The molecule has 3 N–H and O–H groups in total. The van der Waals surface area contributed by atoms with Crippen molar-refractivity contribution in [2.75, 3.05) is 11.9 Å². The van der Waals surface area contributed by atoms with Crippen LogP contribution < -0.4 is 11.0 Å². The molecule has 0 saturated heterocycles. The number of terminal acetylenes is 1. The number of aliphatic hydroxyl groups is 2. The Balaban J connectivity index is 1.78. The van der Waals surface area contributed by atoms with Crippen LogP contribution in [0.15, 0.2) is 47.4 Å². The molecule has 7 heteroatoms. The largest absolute Gasteiger partial charge is 0.395 e. The van der Waals surface area contributed by atoms with E-state index in [-0.39, 0.29) is 37.2 Å². The lowest BCUT2D eigenvalue weighted by Gasteiger charge is -2.23. The molecule has 1 saturated carbocycles. The monoisotopic (exact) mass is 353 g/mol. The molecule has 2 aromatic rings. The first kappa shape index (κ1) is 17.9. The van der Waals surface area contributed by atoms with E-state index < -0.39 is 17.2 Å². The molecule has 134 valence electrons. The lowest BCUT2D eigenvalue weighted by molar-refractivity contribution is 0.0475. The van der Waals surface area contributed by atoms with Crippen molar-refractivity contribution in [3.8, 4) is 12.3 Å². The summed E-state index contributed by atoms with van der Waals surface area (Å²) in [5.41, 5.74) is -1.15. The molecule has 1 aliphatic carbocycles. The van der Waals surface area contributed by atoms with Gasteiger partial charge in [0.15, 0.2) is 0 Å². The van der Waals surface area contributed by atoms with Gasteiger partial charge in [-0.25, -0.2) is 4.79 Å². The molecule has 3 rings (SSSR count). The fourth-order valence-electron chi connectivity index (χ4n) is 3.24. The minimum absolute atomic E-state index is 0.143. The van der Waals surface area contributed by atoms with Gasteiger partial charge in [0.05, 0.1) is 18.1 Å². The first-order chi connectivity index (χ1) is 12.5. The van der Waals surface area contributed by atoms with Crippen LogP contribution in [-0.2, 0) is 0 Å². The average Bonchev–Trinajstić information content (AvgIpc) is 2.99. The lowest BCUT2D eigenvalue weighted by Crippen LogP contribution is -2.32. The third kappa shape index (κ3) is 3.25. The Kier molecular flexibility index (Phi) is 4.89. The van der Waals surface area contributed by atoms with E-state index in [0.717, 1.165) is 0 Å². The van der Waals surface area contributed by atoms with Crippen LogP contribution in [0.25, 0.3) is 0 Å². The van der Waals surface area contributed by atoms with E-state index in [0.29, 0.717) is 5.56 Å². The molecule has 1 aliphatic rings. The molecule has 7 nitrogen and oxygen atoms in total. The van der Waals surface area contributed by atoms with Crippen molar-refractivity contribution in [2.24, 2.45) is 5.41 Å². The molecule has 0 radical (unpaired) electrons. The van der Waals surface area contributed by atoms with Crippen LogP contribution >= 0.6 is 0 Å². The summed E-state index contributed by atoms with van der Waals surface area (Å²) in [6.45, 7) is -0.353. The number of hydrogen-bond acceptors (Lipinski definition) is 5. The van der Waals surface area contributed by atoms with Gasteiger partial charge in [0, 0.05) is 17.8 Å². The van der Waals surface area contributed by atoms with Crippen LogP contribution in [0.2, 0.25) is 0 Å². The van der Waals surface area contributed by atoms with Crippen molar-refractivity contribution >= 4 is 11.7 Å². The molecule has 1 amide bonds. The molecular weight excluding hydrogens is 334 g/mol. The number of hydrogen-bond donors (Lipinski definition) is 3. The van der Waals surface area contributed by atoms with Crippen molar-refractivity contribution in [3.05, 3.63) is 58.6 Å². The highest BCUT2D eigenvalue weighted by molar-refractivity contribution is 6.03. The standard InChI is InChI=1S/C19H19N3O4/c1-2-19(12-23)11-14(10-15(19)24)22-9-8-16(21-18(22)26)20-17(25)13-6-4-3-5-7-13/h1,3-9,14-15,23-24H,10-12H2,(H,20,21,25,26)/t14-,15-,19+/m0/s1. The van der Waals surface area contributed by atoms with Gasteiger partial charge >= 0.3 is 5.69 Å². The van der Waals surface area contributed by atoms with E-state index >= 15 is 0 Å². The fourth-order valence-corrected chi connectivity index (χ4v) is 3.24. The van der Waals surface area contributed by atoms with Crippen LogP contribution in [-0.4, -0.2) is 38.4 Å². The zero-order valence-electron chi connectivity index (χ0n) is 14.0. The van der Waals surface area contributed by atoms with Gasteiger partial charge in [-0.1, -0.05) is 24.1 Å². The second-order valence-electron chi connectivity index (χ2n) is 6.39. The van der Waals surface area contributed by atoms with Gasteiger partial charge in [-0.2, -0.15) is 4.98 Å². The highest BCUT2D eigenvalue weighted by Gasteiger charge is 2.46. The van der Waals surface area contributed by atoms with Crippen LogP contribution in [0.4, 0.5) is 5.82 Å². The van der Waals surface area contributed by atoms with Crippen molar-refractivity contribution in [1.29, 1.82) is 0 Å². The van der Waals surface area contributed by atoms with Crippen LogP contribution in [0, 0.1) is 17.8 Å². The maximum absolute atomic E-state index is 12.3. The van der Waals surface area contributed by atoms with E-state index in [2.05, 4.69) is 16.2 Å². The molecule has 1 aromatic carbocycles. The molecular formula is C19H19N3O4. The normalized spacial score (nSPS) is 24.8. The Morgan fingerprint density at radius 2 is 2.12 bits per heavy atom. The number of nitrogens with zero attached hydrogens (tertiary/aromatic N) is 2. The van der Waals surface area contributed by atoms with Gasteiger partial charge < -0.3 is 15.5 Å². The van der Waals surface area contributed by atoms with Crippen LogP contribution in [0.5, 0.6) is 0 Å². The summed E-state index contributed by atoms with van der Waals surface area (Å²) in [5.74, 6) is 2.24. The number of carbonyl (C=O) groups excluding carboxylic acids is 1. The Labute approximate surface area is 150 Å². The Morgan fingerprint density at radius 3 is 2.69 bits per heavy atom. The Morgan fingerprint density at radius 1 is 1.38 bits per heavy atom. The second kappa shape index (κ2) is 7.12. The van der Waals surface area contributed by atoms with Gasteiger partial charge in [0.1, 0.15) is 5.82 Å². The number of nitrogens with one attached hydrogen (secondary N) is 1. The van der Waals surface area contributed by atoms with Crippen LogP contribution in [0.1, 0.15) is 29.2 Å². The molecule has 26 heavy (non-hydrogen) atoms. The molecule has 0 unspecified atom stereocenters. The smallest absolute Gasteiger partial charge is 0.349 e. The highest BCUT2D eigenvalue weighted by atomic mass is 16.3. The molecule has 0 spiro atoms. The fraction of sp³-hybridized carbons (Fsp3) is 0.316. The Hall–Kier alpha value is -2.95. The molecule has 1 fully saturated rings. The van der Waals surface area contributed by atoms with Gasteiger partial charge in [0.2, 0.25) is 0 Å². The van der Waals surface area contributed by atoms with E-state index in [1.807, 2.05) is 0 Å². The summed E-state index contributed by atoms with van der Waals surface area (Å²) in [6, 6.07) is 9.75. The summed E-state index contributed by atoms with van der Waals surface area (Å²) in [5, 5.41) is 22.3. The molecule has 0 bridgehead atoms. The first-order valence-electron chi connectivity index (χ1n) is 8.21. The van der Waals surface area contributed by atoms with Gasteiger partial charge in [-0.05, 0) is 31.0 Å². The molecule has 1 heterocycles. The number of aliphatic hydroxyl groups excluding tert-OH is 2. The highest BCUT2D eigenvalue weighted by Crippen LogP contribution is 2.43. The topological polar surface area (TPSA) is 104 Å². The van der Waals surface area contributed by atoms with Gasteiger partial charge in [-0.15, -0.1) is 6.42 Å². The second-order valence-corrected chi connectivity index (χ2v) is 6.39. The zero-order chi connectivity index (χ0) is 18.7. The summed E-state index contributed by atoms with van der Waals surface area (Å²) in [7, 11) is 0. The maximum atomic E-state index is 12.3. The van der Waals surface area contributed by atoms with Crippen LogP contribution in [0.3, 0.4) is 0 Å². The number of benzene rings is 1. The third-order valence-corrected chi connectivity index (χ3v) is 4.80.